The maximum atomic E-state index is 5.00. The molecule has 0 N–H and O–H groups in total. The van der Waals surface area contributed by atoms with Crippen molar-refractivity contribution in [2.24, 2.45) is 0 Å². The minimum absolute atomic E-state index is 0.626. The molecule has 0 aliphatic carbocycles. The monoisotopic (exact) mass is 767 g/mol. The molecule has 3 aromatic heterocycles. The Bertz CT molecular complexity index is 3090. The Morgan fingerprint density at radius 2 is 0.583 bits per heavy atom. The summed E-state index contributed by atoms with van der Waals surface area (Å²) < 4.78 is 4.81. The summed E-state index contributed by atoms with van der Waals surface area (Å²) in [7, 11) is 0. The molecular weight excluding hydrogens is 731 g/mol. The molecule has 0 saturated carbocycles. The van der Waals surface area contributed by atoms with E-state index in [9.17, 15) is 0 Å². The van der Waals surface area contributed by atoms with Crippen molar-refractivity contribution >= 4 is 21.8 Å². The van der Waals surface area contributed by atoms with Gasteiger partial charge in [-0.15, -0.1) is 0 Å². The Kier molecular flexibility index (Phi) is 8.75. The molecule has 0 aliphatic rings. The number of fused-ring (bicyclic) bond motifs is 2. The Labute approximate surface area is 348 Å². The first-order chi connectivity index (χ1) is 29.7. The summed E-state index contributed by atoms with van der Waals surface area (Å²) in [5.41, 5.74) is 14.0. The van der Waals surface area contributed by atoms with Crippen molar-refractivity contribution in [3.05, 3.63) is 224 Å². The summed E-state index contributed by atoms with van der Waals surface area (Å²) >= 11 is 0. The van der Waals surface area contributed by atoms with Gasteiger partial charge in [0, 0.05) is 38.8 Å². The standard InChI is InChI=1S/C55H37N5/c1-5-17-39(18-6-1)51-35-44-25-13-15-27-49(44)59(51)47-33-46(34-48(37-47)60-50-28-16-14-26-45(50)36-52(60)40-19-7-2-8-20-40)38-29-31-43(32-30-38)55-57-53(41-21-9-3-10-22-41)56-54(58-55)42-23-11-4-12-24-42/h1-37H. The minimum atomic E-state index is 0.626. The fraction of sp³-hybridized carbons (Fsp3) is 0. The van der Waals surface area contributed by atoms with Crippen LogP contribution in [0.25, 0.3) is 101 Å². The SMILES string of the molecule is c1ccc(-c2nc(-c3ccccc3)nc(-c3ccc(-c4cc(-n5c(-c6ccccc6)cc6ccccc65)cc(-n5c(-c6ccccc6)cc6ccccc65)c4)cc3)n2)cc1. The summed E-state index contributed by atoms with van der Waals surface area (Å²) in [5.74, 6) is 1.91. The molecule has 0 atom stereocenters. The van der Waals surface area contributed by atoms with E-state index in [0.717, 1.165) is 72.7 Å². The Morgan fingerprint density at radius 3 is 1.00 bits per heavy atom. The van der Waals surface area contributed by atoms with Gasteiger partial charge in [0.25, 0.3) is 0 Å². The molecule has 0 amide bonds. The maximum absolute atomic E-state index is 5.00. The zero-order valence-electron chi connectivity index (χ0n) is 32.6. The Morgan fingerprint density at radius 1 is 0.250 bits per heavy atom. The van der Waals surface area contributed by atoms with Gasteiger partial charge in [-0.3, -0.25) is 0 Å². The molecule has 0 saturated heterocycles. The van der Waals surface area contributed by atoms with Crippen molar-refractivity contribution in [1.82, 2.24) is 24.1 Å². The van der Waals surface area contributed by atoms with E-state index in [1.807, 2.05) is 60.7 Å². The van der Waals surface area contributed by atoms with Crippen LogP contribution in [0.4, 0.5) is 0 Å². The van der Waals surface area contributed by atoms with Crippen LogP contribution in [0.15, 0.2) is 224 Å². The first-order valence-corrected chi connectivity index (χ1v) is 20.2. The van der Waals surface area contributed by atoms with Gasteiger partial charge in [-0.1, -0.05) is 182 Å². The summed E-state index contributed by atoms with van der Waals surface area (Å²) in [6, 6.07) is 79.0. The average Bonchev–Trinajstić information content (AvgIpc) is 3.92. The van der Waals surface area contributed by atoms with Gasteiger partial charge < -0.3 is 9.13 Å². The first kappa shape index (κ1) is 35.0. The van der Waals surface area contributed by atoms with Crippen LogP contribution in [0.5, 0.6) is 0 Å². The number of benzene rings is 8. The highest BCUT2D eigenvalue weighted by Gasteiger charge is 2.19. The van der Waals surface area contributed by atoms with Crippen molar-refractivity contribution in [3.63, 3.8) is 0 Å². The summed E-state index contributed by atoms with van der Waals surface area (Å²) in [5, 5.41) is 2.37. The van der Waals surface area contributed by atoms with Gasteiger partial charge in [0.2, 0.25) is 0 Å². The van der Waals surface area contributed by atoms with E-state index in [2.05, 4.69) is 173 Å². The van der Waals surface area contributed by atoms with Crippen molar-refractivity contribution in [3.8, 4) is 79.2 Å². The van der Waals surface area contributed by atoms with Crippen molar-refractivity contribution in [2.75, 3.05) is 0 Å². The number of hydrogen-bond donors (Lipinski definition) is 0. The summed E-state index contributed by atoms with van der Waals surface area (Å²) in [6.07, 6.45) is 0. The second kappa shape index (κ2) is 15.0. The molecule has 0 bridgehead atoms. The van der Waals surface area contributed by atoms with E-state index >= 15 is 0 Å². The van der Waals surface area contributed by atoms with Gasteiger partial charge in [0.15, 0.2) is 17.5 Å². The van der Waals surface area contributed by atoms with E-state index < -0.39 is 0 Å². The first-order valence-electron chi connectivity index (χ1n) is 20.2. The Balaban J connectivity index is 1.11. The van der Waals surface area contributed by atoms with E-state index in [-0.39, 0.29) is 0 Å². The molecular formula is C55H37N5. The van der Waals surface area contributed by atoms with Gasteiger partial charge in [0.1, 0.15) is 0 Å². The van der Waals surface area contributed by atoms with Crippen LogP contribution in [0.2, 0.25) is 0 Å². The number of aromatic nitrogens is 5. The molecule has 0 radical (unpaired) electrons. The van der Waals surface area contributed by atoms with Crippen molar-refractivity contribution < 1.29 is 0 Å². The number of rotatable bonds is 8. The third-order valence-corrected chi connectivity index (χ3v) is 11.2. The van der Waals surface area contributed by atoms with E-state index in [1.54, 1.807) is 0 Å². The predicted molar refractivity (Wildman–Crippen MR) is 246 cm³/mol. The highest BCUT2D eigenvalue weighted by atomic mass is 15.0. The van der Waals surface area contributed by atoms with Crippen LogP contribution in [-0.2, 0) is 0 Å². The molecule has 3 heterocycles. The molecule has 5 nitrogen and oxygen atoms in total. The lowest BCUT2D eigenvalue weighted by Gasteiger charge is -2.18. The zero-order valence-corrected chi connectivity index (χ0v) is 32.6. The smallest absolute Gasteiger partial charge is 0.164 e. The molecule has 11 rings (SSSR count). The number of para-hydroxylation sites is 2. The summed E-state index contributed by atoms with van der Waals surface area (Å²) in [4.78, 5) is 14.9. The van der Waals surface area contributed by atoms with E-state index in [1.165, 1.54) is 10.8 Å². The van der Waals surface area contributed by atoms with Crippen LogP contribution >= 0.6 is 0 Å². The zero-order chi connectivity index (χ0) is 39.8. The van der Waals surface area contributed by atoms with E-state index in [0.29, 0.717) is 17.5 Å². The van der Waals surface area contributed by atoms with Crippen LogP contribution < -0.4 is 0 Å². The fourth-order valence-electron chi connectivity index (χ4n) is 8.28. The molecule has 0 spiro atoms. The lowest BCUT2D eigenvalue weighted by atomic mass is 10.0. The average molecular weight is 768 g/mol. The lowest BCUT2D eigenvalue weighted by Crippen LogP contribution is -2.02. The summed E-state index contributed by atoms with van der Waals surface area (Å²) in [6.45, 7) is 0. The molecule has 282 valence electrons. The molecule has 8 aromatic carbocycles. The molecule has 0 fully saturated rings. The number of hydrogen-bond acceptors (Lipinski definition) is 3. The predicted octanol–water partition coefficient (Wildman–Crippen LogP) is 13.8. The van der Waals surface area contributed by atoms with Crippen LogP contribution in [0, 0.1) is 0 Å². The Hall–Kier alpha value is -8.15. The highest BCUT2D eigenvalue weighted by Crippen LogP contribution is 2.38. The quantitative estimate of drug-likeness (QED) is 0.155. The molecule has 11 aromatic rings. The highest BCUT2D eigenvalue weighted by molar-refractivity contribution is 5.92. The van der Waals surface area contributed by atoms with Crippen LogP contribution in [0.1, 0.15) is 0 Å². The normalized spacial score (nSPS) is 11.3. The van der Waals surface area contributed by atoms with Gasteiger partial charge in [-0.05, 0) is 64.7 Å². The second-order valence-corrected chi connectivity index (χ2v) is 14.9. The van der Waals surface area contributed by atoms with Gasteiger partial charge in [-0.25, -0.2) is 15.0 Å². The van der Waals surface area contributed by atoms with Gasteiger partial charge in [-0.2, -0.15) is 0 Å². The minimum Gasteiger partial charge on any atom is -0.309 e. The van der Waals surface area contributed by atoms with Crippen LogP contribution in [0.3, 0.4) is 0 Å². The third-order valence-electron chi connectivity index (χ3n) is 11.2. The van der Waals surface area contributed by atoms with Crippen molar-refractivity contribution in [1.29, 1.82) is 0 Å². The topological polar surface area (TPSA) is 48.5 Å². The number of nitrogens with zero attached hydrogens (tertiary/aromatic N) is 5. The lowest BCUT2D eigenvalue weighted by molar-refractivity contribution is 1.07. The molecule has 0 aliphatic heterocycles. The third kappa shape index (κ3) is 6.45. The maximum Gasteiger partial charge on any atom is 0.164 e. The molecule has 0 unspecified atom stereocenters. The molecule has 5 heteroatoms. The largest absolute Gasteiger partial charge is 0.309 e. The molecule has 60 heavy (non-hydrogen) atoms. The van der Waals surface area contributed by atoms with Gasteiger partial charge in [0.05, 0.1) is 22.4 Å². The van der Waals surface area contributed by atoms with Gasteiger partial charge >= 0.3 is 0 Å². The van der Waals surface area contributed by atoms with Crippen LogP contribution in [-0.4, -0.2) is 24.1 Å². The second-order valence-electron chi connectivity index (χ2n) is 14.9. The fourth-order valence-corrected chi connectivity index (χ4v) is 8.28. The van der Waals surface area contributed by atoms with Crippen molar-refractivity contribution in [2.45, 2.75) is 0 Å². The van der Waals surface area contributed by atoms with E-state index in [4.69, 9.17) is 15.0 Å².